The number of benzene rings is 2. The van der Waals surface area contributed by atoms with E-state index in [1.54, 1.807) is 6.07 Å². The molecule has 0 radical (unpaired) electrons. The van der Waals surface area contributed by atoms with Gasteiger partial charge in [-0.1, -0.05) is 62.4 Å². The van der Waals surface area contributed by atoms with Crippen LogP contribution in [0.3, 0.4) is 0 Å². The Morgan fingerprint density at radius 1 is 1.04 bits per heavy atom. The number of H-pyrrole nitrogens is 1. The van der Waals surface area contributed by atoms with Gasteiger partial charge < -0.3 is 10.3 Å². The van der Waals surface area contributed by atoms with E-state index in [2.05, 4.69) is 41.2 Å². The Labute approximate surface area is 165 Å². The molecule has 0 bridgehead atoms. The van der Waals surface area contributed by atoms with Gasteiger partial charge in [0.25, 0.3) is 11.5 Å². The van der Waals surface area contributed by atoms with Crippen molar-refractivity contribution in [3.8, 4) is 0 Å². The highest BCUT2D eigenvalue weighted by molar-refractivity contribution is 5.97. The van der Waals surface area contributed by atoms with Gasteiger partial charge in [-0.25, -0.2) is 0 Å². The van der Waals surface area contributed by atoms with Gasteiger partial charge in [0.1, 0.15) is 5.56 Å². The first-order chi connectivity index (χ1) is 13.6. The van der Waals surface area contributed by atoms with Gasteiger partial charge in [-0.2, -0.15) is 0 Å². The molecule has 0 fully saturated rings. The Balaban J connectivity index is 1.76. The molecule has 1 unspecified atom stereocenters. The van der Waals surface area contributed by atoms with Gasteiger partial charge in [-0.15, -0.1) is 0 Å². The third-order valence-corrected chi connectivity index (χ3v) is 5.14. The molecule has 1 amide bonds. The molecule has 0 aliphatic heterocycles. The van der Waals surface area contributed by atoms with E-state index >= 15 is 0 Å². The summed E-state index contributed by atoms with van der Waals surface area (Å²) in [6.45, 7) is 6.54. The summed E-state index contributed by atoms with van der Waals surface area (Å²) in [6.07, 6.45) is 0.844. The van der Waals surface area contributed by atoms with Crippen molar-refractivity contribution in [1.29, 1.82) is 0 Å². The molecule has 1 atom stereocenters. The second kappa shape index (κ2) is 9.33. The van der Waals surface area contributed by atoms with Crippen molar-refractivity contribution in [2.24, 2.45) is 0 Å². The number of para-hydroxylation sites is 1. The Morgan fingerprint density at radius 2 is 1.71 bits per heavy atom. The number of aromatic nitrogens is 1. The fourth-order valence-corrected chi connectivity index (χ4v) is 3.58. The highest BCUT2D eigenvalue weighted by Gasteiger charge is 2.19. The summed E-state index contributed by atoms with van der Waals surface area (Å²) >= 11 is 0. The lowest BCUT2D eigenvalue weighted by Gasteiger charge is -2.30. The molecular formula is C23H27N3O2. The van der Waals surface area contributed by atoms with Crippen LogP contribution in [-0.2, 0) is 6.42 Å². The number of carbonyl (C=O) groups is 1. The van der Waals surface area contributed by atoms with Gasteiger partial charge in [0.2, 0.25) is 0 Å². The van der Waals surface area contributed by atoms with Gasteiger partial charge in [-0.05, 0) is 42.6 Å². The minimum absolute atomic E-state index is 0.150. The summed E-state index contributed by atoms with van der Waals surface area (Å²) < 4.78 is 0. The zero-order chi connectivity index (χ0) is 19.9. The molecule has 0 aliphatic carbocycles. The lowest BCUT2D eigenvalue weighted by Crippen LogP contribution is -2.45. The third-order valence-electron chi connectivity index (χ3n) is 5.14. The zero-order valence-corrected chi connectivity index (χ0v) is 16.4. The van der Waals surface area contributed by atoms with Gasteiger partial charge in [0.05, 0.1) is 0 Å². The number of likely N-dealkylation sites (N-methyl/N-ethyl adjacent to an activating group) is 1. The van der Waals surface area contributed by atoms with E-state index in [9.17, 15) is 9.59 Å². The molecule has 0 aliphatic rings. The summed E-state index contributed by atoms with van der Waals surface area (Å²) in [4.78, 5) is 30.2. The summed E-state index contributed by atoms with van der Waals surface area (Å²) in [6, 6.07) is 19.6. The van der Waals surface area contributed by atoms with Crippen molar-refractivity contribution in [2.45, 2.75) is 26.3 Å². The van der Waals surface area contributed by atoms with E-state index in [-0.39, 0.29) is 23.1 Å². The highest BCUT2D eigenvalue weighted by Crippen LogP contribution is 2.11. The standard InChI is InChI=1S/C23H27N3O2/c1-3-26(4-2)19(14-17-10-6-5-7-11-17)16-24-22(27)20-15-18-12-8-9-13-21(18)25-23(20)28/h5-13,15,19H,3-4,14,16H2,1-2H3,(H,24,27)(H,25,28). The molecule has 28 heavy (non-hydrogen) atoms. The third kappa shape index (κ3) is 4.67. The molecule has 3 rings (SSSR count). The van der Waals surface area contributed by atoms with Crippen molar-refractivity contribution in [2.75, 3.05) is 19.6 Å². The van der Waals surface area contributed by atoms with Crippen molar-refractivity contribution in [3.63, 3.8) is 0 Å². The van der Waals surface area contributed by atoms with E-state index in [1.165, 1.54) is 5.56 Å². The summed E-state index contributed by atoms with van der Waals surface area (Å²) in [5.41, 5.74) is 1.75. The molecule has 2 aromatic carbocycles. The minimum atomic E-state index is -0.362. The molecule has 5 nitrogen and oxygen atoms in total. The predicted octanol–water partition coefficient (Wildman–Crippen LogP) is 3.21. The normalized spacial score (nSPS) is 12.2. The Bertz CT molecular complexity index is 978. The quantitative estimate of drug-likeness (QED) is 0.634. The fraction of sp³-hybridized carbons (Fsp3) is 0.304. The Kier molecular flexibility index (Phi) is 6.61. The van der Waals surface area contributed by atoms with E-state index < -0.39 is 0 Å². The maximum absolute atomic E-state index is 12.7. The SMILES string of the molecule is CCN(CC)C(CNC(=O)c1cc2ccccc2[nH]c1=O)Cc1ccccc1. The monoisotopic (exact) mass is 377 g/mol. The van der Waals surface area contributed by atoms with Crippen LogP contribution in [0.4, 0.5) is 0 Å². The molecular weight excluding hydrogens is 350 g/mol. The second-order valence-electron chi connectivity index (χ2n) is 6.87. The van der Waals surface area contributed by atoms with Crippen LogP contribution in [0.15, 0.2) is 65.5 Å². The Morgan fingerprint density at radius 3 is 2.43 bits per heavy atom. The molecule has 0 spiro atoms. The van der Waals surface area contributed by atoms with Gasteiger partial charge in [0.15, 0.2) is 0 Å². The maximum atomic E-state index is 12.7. The smallest absolute Gasteiger partial charge is 0.261 e. The number of pyridine rings is 1. The second-order valence-corrected chi connectivity index (χ2v) is 6.87. The van der Waals surface area contributed by atoms with E-state index in [0.717, 1.165) is 30.4 Å². The Hall–Kier alpha value is -2.92. The molecule has 0 saturated heterocycles. The van der Waals surface area contributed by atoms with Gasteiger partial charge in [0, 0.05) is 18.1 Å². The molecule has 1 heterocycles. The number of fused-ring (bicyclic) bond motifs is 1. The van der Waals surface area contributed by atoms with Crippen LogP contribution < -0.4 is 10.9 Å². The van der Waals surface area contributed by atoms with Crippen molar-refractivity contribution in [3.05, 3.63) is 82.1 Å². The number of hydrogen-bond donors (Lipinski definition) is 2. The van der Waals surface area contributed by atoms with Crippen LogP contribution in [0.1, 0.15) is 29.8 Å². The van der Waals surface area contributed by atoms with Crippen LogP contribution in [0.5, 0.6) is 0 Å². The number of hydrogen-bond acceptors (Lipinski definition) is 3. The number of nitrogens with zero attached hydrogens (tertiary/aromatic N) is 1. The van der Waals surface area contributed by atoms with Crippen LogP contribution in [0, 0.1) is 0 Å². The zero-order valence-electron chi connectivity index (χ0n) is 16.4. The van der Waals surface area contributed by atoms with E-state index in [1.807, 2.05) is 42.5 Å². The summed E-state index contributed by atoms with van der Waals surface area (Å²) in [5, 5.41) is 3.82. The molecule has 146 valence electrons. The first kappa shape index (κ1) is 19.8. The first-order valence-electron chi connectivity index (χ1n) is 9.80. The van der Waals surface area contributed by atoms with Crippen molar-refractivity contribution < 1.29 is 4.79 Å². The number of rotatable bonds is 8. The highest BCUT2D eigenvalue weighted by atomic mass is 16.2. The number of carbonyl (C=O) groups excluding carboxylic acids is 1. The van der Waals surface area contributed by atoms with Crippen LogP contribution in [0.25, 0.3) is 10.9 Å². The maximum Gasteiger partial charge on any atom is 0.261 e. The first-order valence-corrected chi connectivity index (χ1v) is 9.80. The molecule has 3 aromatic rings. The number of amides is 1. The van der Waals surface area contributed by atoms with Crippen molar-refractivity contribution in [1.82, 2.24) is 15.2 Å². The average Bonchev–Trinajstić information content (AvgIpc) is 2.72. The summed E-state index contributed by atoms with van der Waals surface area (Å²) in [7, 11) is 0. The van der Waals surface area contributed by atoms with Crippen LogP contribution >= 0.6 is 0 Å². The largest absolute Gasteiger partial charge is 0.350 e. The van der Waals surface area contributed by atoms with E-state index in [4.69, 9.17) is 0 Å². The predicted molar refractivity (Wildman–Crippen MR) is 114 cm³/mol. The molecule has 2 N–H and O–H groups in total. The average molecular weight is 377 g/mol. The van der Waals surface area contributed by atoms with Crippen molar-refractivity contribution >= 4 is 16.8 Å². The van der Waals surface area contributed by atoms with Gasteiger partial charge >= 0.3 is 0 Å². The van der Waals surface area contributed by atoms with Gasteiger partial charge in [-0.3, -0.25) is 14.5 Å². The molecule has 0 saturated carbocycles. The lowest BCUT2D eigenvalue weighted by molar-refractivity contribution is 0.0933. The molecule has 5 heteroatoms. The number of nitrogens with one attached hydrogen (secondary N) is 2. The summed E-state index contributed by atoms with van der Waals surface area (Å²) in [5.74, 6) is -0.336. The fourth-order valence-electron chi connectivity index (χ4n) is 3.58. The van der Waals surface area contributed by atoms with Crippen LogP contribution in [-0.4, -0.2) is 41.5 Å². The molecule has 1 aromatic heterocycles. The topological polar surface area (TPSA) is 65.2 Å². The lowest BCUT2D eigenvalue weighted by atomic mass is 10.0. The minimum Gasteiger partial charge on any atom is -0.350 e. The van der Waals surface area contributed by atoms with E-state index in [0.29, 0.717) is 6.54 Å². The van der Waals surface area contributed by atoms with Crippen LogP contribution in [0.2, 0.25) is 0 Å². The number of aromatic amines is 1.